The summed E-state index contributed by atoms with van der Waals surface area (Å²) in [6.07, 6.45) is 1.38. The highest BCUT2D eigenvalue weighted by Crippen LogP contribution is 2.37. The molecule has 9 heteroatoms. The third-order valence-electron chi connectivity index (χ3n) is 4.04. The molecule has 1 fully saturated rings. The molecule has 1 heterocycles. The lowest BCUT2D eigenvalue weighted by atomic mass is 10.1. The van der Waals surface area contributed by atoms with E-state index in [-0.39, 0.29) is 5.57 Å². The van der Waals surface area contributed by atoms with Crippen LogP contribution in [0.15, 0.2) is 46.4 Å². The van der Waals surface area contributed by atoms with Crippen LogP contribution in [0.2, 0.25) is 5.02 Å². The second kappa shape index (κ2) is 8.67. The van der Waals surface area contributed by atoms with Crippen LogP contribution in [0.25, 0.3) is 6.08 Å². The number of anilines is 1. The molecule has 1 N–H and O–H groups in total. The number of hydrogen-bond acceptors (Lipinski definition) is 5. The van der Waals surface area contributed by atoms with E-state index >= 15 is 0 Å². The summed E-state index contributed by atoms with van der Waals surface area (Å²) in [6.45, 7) is 2.28. The molecule has 0 aromatic heterocycles. The molecule has 2 aromatic rings. The Bertz CT molecular complexity index is 1020. The van der Waals surface area contributed by atoms with Crippen LogP contribution in [-0.4, -0.2) is 31.6 Å². The number of barbiturate groups is 1. The van der Waals surface area contributed by atoms with Crippen molar-refractivity contribution in [1.82, 2.24) is 5.32 Å². The number of hydrogen-bond donors (Lipinski definition) is 1. The monoisotopic (exact) mass is 478 g/mol. The van der Waals surface area contributed by atoms with Gasteiger partial charge in [0.2, 0.25) is 0 Å². The highest BCUT2D eigenvalue weighted by molar-refractivity contribution is 9.10. The zero-order valence-corrected chi connectivity index (χ0v) is 17.8. The quantitative estimate of drug-likeness (QED) is 0.514. The number of urea groups is 1. The van der Waals surface area contributed by atoms with Gasteiger partial charge in [0.05, 0.1) is 23.9 Å². The van der Waals surface area contributed by atoms with E-state index < -0.39 is 17.8 Å². The number of amides is 4. The number of nitrogens with one attached hydrogen (secondary N) is 1. The molecule has 0 unspecified atom stereocenters. The summed E-state index contributed by atoms with van der Waals surface area (Å²) in [6, 6.07) is 8.62. The van der Waals surface area contributed by atoms with Crippen molar-refractivity contribution in [2.24, 2.45) is 0 Å². The Balaban J connectivity index is 2.02. The normalized spacial score (nSPS) is 15.5. The van der Waals surface area contributed by atoms with Crippen molar-refractivity contribution < 1.29 is 23.9 Å². The summed E-state index contributed by atoms with van der Waals surface area (Å²) in [5, 5.41) is 2.63. The van der Waals surface area contributed by atoms with E-state index in [2.05, 4.69) is 21.2 Å². The van der Waals surface area contributed by atoms with Crippen molar-refractivity contribution in [3.05, 3.63) is 57.0 Å². The third kappa shape index (κ3) is 4.28. The van der Waals surface area contributed by atoms with Gasteiger partial charge in [-0.3, -0.25) is 14.9 Å². The van der Waals surface area contributed by atoms with Crippen molar-refractivity contribution in [1.29, 1.82) is 0 Å². The molecule has 7 nitrogen and oxygen atoms in total. The molecule has 1 aliphatic rings. The molecule has 0 bridgehead atoms. The molecule has 2 aromatic carbocycles. The van der Waals surface area contributed by atoms with Gasteiger partial charge in [0.1, 0.15) is 5.57 Å². The van der Waals surface area contributed by atoms with Gasteiger partial charge in [-0.05, 0) is 70.9 Å². The Morgan fingerprint density at radius 3 is 2.48 bits per heavy atom. The molecule has 0 radical (unpaired) electrons. The number of benzene rings is 2. The summed E-state index contributed by atoms with van der Waals surface area (Å²) < 4.78 is 11.5. The molecule has 4 amide bonds. The summed E-state index contributed by atoms with van der Waals surface area (Å²) in [5.74, 6) is -0.587. The first kappa shape index (κ1) is 20.9. The standard InChI is InChI=1S/C20H16BrClN2O5/c1-3-29-17-15(21)9-11(10-16(17)28-2)8-14-18(25)23-20(27)24(19(14)26)13-6-4-12(22)5-7-13/h4-10H,3H2,1-2H3,(H,23,25,27)/b14-8+. The highest BCUT2D eigenvalue weighted by atomic mass is 79.9. The fourth-order valence-electron chi connectivity index (χ4n) is 2.76. The van der Waals surface area contributed by atoms with Crippen molar-refractivity contribution in [3.8, 4) is 11.5 Å². The van der Waals surface area contributed by atoms with Crippen LogP contribution in [0.1, 0.15) is 12.5 Å². The van der Waals surface area contributed by atoms with Crippen LogP contribution in [0.5, 0.6) is 11.5 Å². The van der Waals surface area contributed by atoms with Crippen LogP contribution in [-0.2, 0) is 9.59 Å². The minimum absolute atomic E-state index is 0.197. The molecule has 0 saturated carbocycles. The van der Waals surface area contributed by atoms with Crippen molar-refractivity contribution >= 4 is 57.1 Å². The fraction of sp³-hybridized carbons (Fsp3) is 0.150. The van der Waals surface area contributed by atoms with Crippen LogP contribution in [0.4, 0.5) is 10.5 Å². The van der Waals surface area contributed by atoms with Crippen LogP contribution in [0.3, 0.4) is 0 Å². The van der Waals surface area contributed by atoms with E-state index in [0.717, 1.165) is 4.90 Å². The van der Waals surface area contributed by atoms with E-state index in [1.54, 1.807) is 24.3 Å². The SMILES string of the molecule is CCOc1c(Br)cc(/C=C2\C(=O)NC(=O)N(c3ccc(Cl)cc3)C2=O)cc1OC. The number of rotatable bonds is 5. The van der Waals surface area contributed by atoms with Gasteiger partial charge >= 0.3 is 6.03 Å². The molecular weight excluding hydrogens is 464 g/mol. The van der Waals surface area contributed by atoms with Gasteiger partial charge in [-0.25, -0.2) is 9.69 Å². The Labute approximate surface area is 180 Å². The zero-order valence-electron chi connectivity index (χ0n) is 15.5. The van der Waals surface area contributed by atoms with Crippen LogP contribution < -0.4 is 19.7 Å². The lowest BCUT2D eigenvalue weighted by Gasteiger charge is -2.26. The number of halogens is 2. The topological polar surface area (TPSA) is 84.9 Å². The number of methoxy groups -OCH3 is 1. The average molecular weight is 480 g/mol. The van der Waals surface area contributed by atoms with E-state index in [1.165, 1.54) is 25.3 Å². The van der Waals surface area contributed by atoms with Gasteiger partial charge in [-0.1, -0.05) is 11.6 Å². The number of ether oxygens (including phenoxy) is 2. The first-order valence-electron chi connectivity index (χ1n) is 8.53. The lowest BCUT2D eigenvalue weighted by Crippen LogP contribution is -2.54. The Morgan fingerprint density at radius 2 is 1.86 bits per heavy atom. The molecular formula is C20H16BrClN2O5. The molecule has 0 atom stereocenters. The summed E-state index contributed by atoms with van der Waals surface area (Å²) >= 11 is 9.27. The Hall–Kier alpha value is -2.84. The number of imide groups is 2. The minimum atomic E-state index is -0.829. The molecule has 0 spiro atoms. The summed E-state index contributed by atoms with van der Waals surface area (Å²) in [7, 11) is 1.49. The second-order valence-corrected chi connectivity index (χ2v) is 7.19. The summed E-state index contributed by atoms with van der Waals surface area (Å²) in [5.41, 5.74) is 0.611. The molecule has 1 aliphatic heterocycles. The molecule has 0 aliphatic carbocycles. The van der Waals surface area contributed by atoms with Gasteiger partial charge in [-0.15, -0.1) is 0 Å². The van der Waals surface area contributed by atoms with Gasteiger partial charge in [-0.2, -0.15) is 0 Å². The van der Waals surface area contributed by atoms with E-state index in [4.69, 9.17) is 21.1 Å². The van der Waals surface area contributed by atoms with Crippen LogP contribution in [0, 0.1) is 0 Å². The number of nitrogens with zero attached hydrogens (tertiary/aromatic N) is 1. The van der Waals surface area contributed by atoms with Gasteiger partial charge in [0, 0.05) is 5.02 Å². The minimum Gasteiger partial charge on any atom is -0.493 e. The molecule has 150 valence electrons. The van der Waals surface area contributed by atoms with E-state index in [0.29, 0.717) is 38.9 Å². The smallest absolute Gasteiger partial charge is 0.335 e. The fourth-order valence-corrected chi connectivity index (χ4v) is 3.46. The maximum atomic E-state index is 12.9. The second-order valence-electron chi connectivity index (χ2n) is 5.90. The van der Waals surface area contributed by atoms with E-state index in [9.17, 15) is 14.4 Å². The van der Waals surface area contributed by atoms with Crippen molar-refractivity contribution in [2.75, 3.05) is 18.6 Å². The molecule has 1 saturated heterocycles. The highest BCUT2D eigenvalue weighted by Gasteiger charge is 2.36. The average Bonchev–Trinajstić information content (AvgIpc) is 2.68. The van der Waals surface area contributed by atoms with E-state index in [1.807, 2.05) is 6.92 Å². The maximum Gasteiger partial charge on any atom is 0.335 e. The lowest BCUT2D eigenvalue weighted by molar-refractivity contribution is -0.122. The number of carbonyl (C=O) groups is 3. The Kier molecular flexibility index (Phi) is 6.24. The first-order chi connectivity index (χ1) is 13.8. The van der Waals surface area contributed by atoms with Gasteiger partial charge in [0.15, 0.2) is 11.5 Å². The zero-order chi connectivity index (χ0) is 21.1. The molecule has 3 rings (SSSR count). The predicted molar refractivity (Wildman–Crippen MR) is 112 cm³/mol. The Morgan fingerprint density at radius 1 is 1.17 bits per heavy atom. The van der Waals surface area contributed by atoms with Gasteiger partial charge < -0.3 is 9.47 Å². The maximum absolute atomic E-state index is 12.9. The van der Waals surface area contributed by atoms with Crippen LogP contribution >= 0.6 is 27.5 Å². The number of carbonyl (C=O) groups excluding carboxylic acids is 3. The summed E-state index contributed by atoms with van der Waals surface area (Å²) in [4.78, 5) is 38.4. The largest absolute Gasteiger partial charge is 0.493 e. The molecule has 29 heavy (non-hydrogen) atoms. The van der Waals surface area contributed by atoms with Crippen molar-refractivity contribution in [2.45, 2.75) is 6.92 Å². The predicted octanol–water partition coefficient (Wildman–Crippen LogP) is 4.18. The van der Waals surface area contributed by atoms with Crippen molar-refractivity contribution in [3.63, 3.8) is 0 Å². The van der Waals surface area contributed by atoms with Gasteiger partial charge in [0.25, 0.3) is 11.8 Å². The first-order valence-corrected chi connectivity index (χ1v) is 9.70. The third-order valence-corrected chi connectivity index (χ3v) is 4.88.